The van der Waals surface area contributed by atoms with Crippen LogP contribution in [0.5, 0.6) is 0 Å². The molecule has 1 saturated carbocycles. The van der Waals surface area contributed by atoms with Crippen LogP contribution in [0.2, 0.25) is 0 Å². The lowest BCUT2D eigenvalue weighted by molar-refractivity contribution is 0.00990. The molecule has 1 aliphatic heterocycles. The van der Waals surface area contributed by atoms with Crippen molar-refractivity contribution in [1.29, 1.82) is 0 Å². The van der Waals surface area contributed by atoms with Gasteiger partial charge in [0.05, 0.1) is 6.10 Å². The zero-order valence-corrected chi connectivity index (χ0v) is 18.9. The molecule has 2 atom stereocenters. The number of nitrogens with one attached hydrogen (secondary N) is 1. The van der Waals surface area contributed by atoms with Crippen LogP contribution in [0.4, 0.5) is 0 Å². The van der Waals surface area contributed by atoms with Gasteiger partial charge in [0, 0.05) is 47.0 Å². The fraction of sp³-hybridized carbons (Fsp3) is 0.667. The first-order valence-electron chi connectivity index (χ1n) is 9.93. The minimum atomic E-state index is 0. The van der Waals surface area contributed by atoms with Gasteiger partial charge in [0.2, 0.25) is 0 Å². The van der Waals surface area contributed by atoms with Gasteiger partial charge in [-0.3, -0.25) is 4.99 Å². The molecule has 2 unspecified atom stereocenters. The molecule has 1 aliphatic carbocycles. The molecular formula is C21H34IN3O2. The van der Waals surface area contributed by atoms with Crippen molar-refractivity contribution in [2.24, 2.45) is 10.9 Å². The molecule has 2 fully saturated rings. The van der Waals surface area contributed by atoms with Crippen LogP contribution >= 0.6 is 24.0 Å². The van der Waals surface area contributed by atoms with Crippen LogP contribution in [0.25, 0.3) is 0 Å². The van der Waals surface area contributed by atoms with E-state index in [1.807, 2.05) is 7.05 Å². The van der Waals surface area contributed by atoms with E-state index in [1.54, 1.807) is 7.11 Å². The smallest absolute Gasteiger partial charge is 0.193 e. The molecule has 0 bridgehead atoms. The van der Waals surface area contributed by atoms with Crippen molar-refractivity contribution in [3.8, 4) is 0 Å². The molecule has 6 heteroatoms. The molecule has 0 aromatic heterocycles. The Kier molecular flexibility index (Phi) is 9.86. The van der Waals surface area contributed by atoms with E-state index in [0.717, 1.165) is 64.0 Å². The standard InChI is InChI=1S/C21H33N3O2.HI/c1-22-21(23-16-18-15-20(18)17-7-4-3-5-8-17)24-11-9-19(10-12-24)26-14-6-13-25-2;/h3-5,7-8,18-20H,6,9-16H2,1-2H3,(H,22,23);1H. The molecule has 1 aromatic carbocycles. The van der Waals surface area contributed by atoms with Crippen LogP contribution in [-0.2, 0) is 9.47 Å². The topological polar surface area (TPSA) is 46.1 Å². The number of benzene rings is 1. The second kappa shape index (κ2) is 11.9. The Bertz CT molecular complexity index is 562. The Morgan fingerprint density at radius 1 is 1.19 bits per heavy atom. The highest BCUT2D eigenvalue weighted by molar-refractivity contribution is 14.0. The molecule has 0 spiro atoms. The van der Waals surface area contributed by atoms with Gasteiger partial charge in [0.15, 0.2) is 5.96 Å². The number of piperidine rings is 1. The number of likely N-dealkylation sites (tertiary alicyclic amines) is 1. The second-order valence-corrected chi connectivity index (χ2v) is 7.34. The van der Waals surface area contributed by atoms with E-state index >= 15 is 0 Å². The lowest BCUT2D eigenvalue weighted by Crippen LogP contribution is -2.47. The lowest BCUT2D eigenvalue weighted by atomic mass is 10.1. The van der Waals surface area contributed by atoms with Crippen molar-refractivity contribution in [3.63, 3.8) is 0 Å². The number of halogens is 1. The Balaban J connectivity index is 0.00000261. The molecule has 3 rings (SSSR count). The summed E-state index contributed by atoms with van der Waals surface area (Å²) in [5.41, 5.74) is 1.47. The molecule has 5 nitrogen and oxygen atoms in total. The van der Waals surface area contributed by atoms with Crippen LogP contribution in [0.15, 0.2) is 35.3 Å². The average Bonchev–Trinajstić information content (AvgIpc) is 3.47. The maximum absolute atomic E-state index is 5.95. The number of methoxy groups -OCH3 is 1. The summed E-state index contributed by atoms with van der Waals surface area (Å²) in [6, 6.07) is 10.9. The van der Waals surface area contributed by atoms with E-state index < -0.39 is 0 Å². The van der Waals surface area contributed by atoms with Crippen molar-refractivity contribution in [1.82, 2.24) is 10.2 Å². The Morgan fingerprint density at radius 3 is 2.59 bits per heavy atom. The van der Waals surface area contributed by atoms with Gasteiger partial charge in [-0.2, -0.15) is 0 Å². The minimum absolute atomic E-state index is 0. The van der Waals surface area contributed by atoms with Crippen LogP contribution < -0.4 is 5.32 Å². The summed E-state index contributed by atoms with van der Waals surface area (Å²) < 4.78 is 11.0. The van der Waals surface area contributed by atoms with E-state index in [4.69, 9.17) is 9.47 Å². The first-order chi connectivity index (χ1) is 12.8. The molecule has 1 saturated heterocycles. The van der Waals surface area contributed by atoms with Gasteiger partial charge in [-0.1, -0.05) is 30.3 Å². The second-order valence-electron chi connectivity index (χ2n) is 7.34. The highest BCUT2D eigenvalue weighted by atomic mass is 127. The maximum Gasteiger partial charge on any atom is 0.193 e. The zero-order chi connectivity index (χ0) is 18.2. The van der Waals surface area contributed by atoms with Crippen molar-refractivity contribution in [3.05, 3.63) is 35.9 Å². The highest BCUT2D eigenvalue weighted by Gasteiger charge is 2.38. The van der Waals surface area contributed by atoms with Crippen LogP contribution in [-0.4, -0.2) is 64.0 Å². The van der Waals surface area contributed by atoms with Gasteiger partial charge >= 0.3 is 0 Å². The maximum atomic E-state index is 5.95. The zero-order valence-electron chi connectivity index (χ0n) is 16.6. The summed E-state index contributed by atoms with van der Waals surface area (Å²) >= 11 is 0. The van der Waals surface area contributed by atoms with E-state index in [0.29, 0.717) is 12.0 Å². The van der Waals surface area contributed by atoms with E-state index in [2.05, 4.69) is 45.5 Å². The van der Waals surface area contributed by atoms with Crippen LogP contribution in [0.3, 0.4) is 0 Å². The summed E-state index contributed by atoms with van der Waals surface area (Å²) in [4.78, 5) is 6.86. The van der Waals surface area contributed by atoms with E-state index in [9.17, 15) is 0 Å². The quantitative estimate of drug-likeness (QED) is 0.264. The third-order valence-electron chi connectivity index (χ3n) is 5.47. The van der Waals surface area contributed by atoms with Crippen molar-refractivity contribution >= 4 is 29.9 Å². The molecular weight excluding hydrogens is 453 g/mol. The predicted octanol–water partition coefficient (Wildman–Crippen LogP) is 3.50. The molecule has 27 heavy (non-hydrogen) atoms. The molecule has 0 radical (unpaired) electrons. The van der Waals surface area contributed by atoms with E-state index in [1.165, 1.54) is 12.0 Å². The Labute approximate surface area is 180 Å². The molecule has 1 heterocycles. The predicted molar refractivity (Wildman–Crippen MR) is 121 cm³/mol. The van der Waals surface area contributed by atoms with Gasteiger partial charge in [-0.15, -0.1) is 24.0 Å². The van der Waals surface area contributed by atoms with Crippen LogP contribution in [0, 0.1) is 5.92 Å². The Hall–Kier alpha value is -0.860. The first kappa shape index (κ1) is 22.4. The number of nitrogens with zero attached hydrogens (tertiary/aromatic N) is 2. The third kappa shape index (κ3) is 6.91. The molecule has 1 N–H and O–H groups in total. The minimum Gasteiger partial charge on any atom is -0.385 e. The van der Waals surface area contributed by atoms with Crippen molar-refractivity contribution < 1.29 is 9.47 Å². The monoisotopic (exact) mass is 487 g/mol. The van der Waals surface area contributed by atoms with Crippen molar-refractivity contribution in [2.75, 3.05) is 47.0 Å². The van der Waals surface area contributed by atoms with Gasteiger partial charge < -0.3 is 19.7 Å². The van der Waals surface area contributed by atoms with Gasteiger partial charge in [0.1, 0.15) is 0 Å². The average molecular weight is 487 g/mol. The number of hydrogen-bond acceptors (Lipinski definition) is 3. The summed E-state index contributed by atoms with van der Waals surface area (Å²) in [7, 11) is 3.62. The Morgan fingerprint density at radius 2 is 1.93 bits per heavy atom. The van der Waals surface area contributed by atoms with Gasteiger partial charge in [-0.05, 0) is 43.1 Å². The number of guanidine groups is 1. The largest absolute Gasteiger partial charge is 0.385 e. The van der Waals surface area contributed by atoms with Gasteiger partial charge in [-0.25, -0.2) is 0 Å². The number of rotatable bonds is 8. The first-order valence-corrected chi connectivity index (χ1v) is 9.93. The molecule has 1 aromatic rings. The third-order valence-corrected chi connectivity index (χ3v) is 5.47. The SMILES string of the molecule is CN=C(NCC1CC1c1ccccc1)N1CCC(OCCCOC)CC1.I. The summed E-state index contributed by atoms with van der Waals surface area (Å²) in [5, 5.41) is 3.59. The van der Waals surface area contributed by atoms with Crippen molar-refractivity contribution in [2.45, 2.75) is 37.7 Å². The summed E-state index contributed by atoms with van der Waals surface area (Å²) in [6.45, 7) is 4.62. The number of hydrogen-bond donors (Lipinski definition) is 1. The summed E-state index contributed by atoms with van der Waals surface area (Å²) in [5.74, 6) is 2.49. The van der Waals surface area contributed by atoms with Crippen LogP contribution in [0.1, 0.15) is 37.2 Å². The highest BCUT2D eigenvalue weighted by Crippen LogP contribution is 2.46. The number of ether oxygens (including phenoxy) is 2. The lowest BCUT2D eigenvalue weighted by Gasteiger charge is -2.34. The fourth-order valence-electron chi connectivity index (χ4n) is 3.82. The summed E-state index contributed by atoms with van der Waals surface area (Å²) in [6.07, 6.45) is 4.79. The fourth-order valence-corrected chi connectivity index (χ4v) is 3.82. The molecule has 152 valence electrons. The van der Waals surface area contributed by atoms with Gasteiger partial charge in [0.25, 0.3) is 0 Å². The normalized spacial score (nSPS) is 23.0. The molecule has 0 amide bonds. The van der Waals surface area contributed by atoms with E-state index in [-0.39, 0.29) is 24.0 Å². The molecule has 2 aliphatic rings. The number of aliphatic imine (C=N–C) groups is 1.